The lowest BCUT2D eigenvalue weighted by Gasteiger charge is -2.10. The summed E-state index contributed by atoms with van der Waals surface area (Å²) in [5, 5.41) is 8.83. The van der Waals surface area contributed by atoms with Gasteiger partial charge >= 0.3 is 0 Å². The van der Waals surface area contributed by atoms with Crippen molar-refractivity contribution < 1.29 is 4.74 Å². The van der Waals surface area contributed by atoms with Gasteiger partial charge in [-0.05, 0) is 29.3 Å². The Kier molecular flexibility index (Phi) is 3.31. The van der Waals surface area contributed by atoms with Gasteiger partial charge in [0.05, 0.1) is 19.6 Å². The van der Waals surface area contributed by atoms with Gasteiger partial charge in [0.2, 0.25) is 5.88 Å². The van der Waals surface area contributed by atoms with Crippen LogP contribution < -0.4 is 4.74 Å². The minimum atomic E-state index is 0.330. The van der Waals surface area contributed by atoms with Gasteiger partial charge in [-0.1, -0.05) is 0 Å². The third-order valence-electron chi connectivity index (χ3n) is 2.43. The summed E-state index contributed by atoms with van der Waals surface area (Å²) in [7, 11) is 1.57. The third kappa shape index (κ3) is 2.23. The van der Waals surface area contributed by atoms with Crippen molar-refractivity contribution in [3.05, 3.63) is 42.4 Å². The molecule has 0 aromatic carbocycles. The second-order valence-corrected chi connectivity index (χ2v) is 3.43. The fourth-order valence-corrected chi connectivity index (χ4v) is 1.69. The van der Waals surface area contributed by atoms with Crippen molar-refractivity contribution in [2.24, 2.45) is 0 Å². The minimum absolute atomic E-state index is 0.330. The molecule has 0 radical (unpaired) electrons. The molecule has 0 amide bonds. The van der Waals surface area contributed by atoms with Crippen molar-refractivity contribution in [3.63, 3.8) is 0 Å². The highest BCUT2D eigenvalue weighted by Gasteiger charge is 2.12. The van der Waals surface area contributed by atoms with E-state index in [9.17, 15) is 0 Å². The van der Waals surface area contributed by atoms with Crippen molar-refractivity contribution in [3.8, 4) is 23.1 Å². The Morgan fingerprint density at radius 2 is 2.00 bits per heavy atom. The van der Waals surface area contributed by atoms with Gasteiger partial charge in [-0.2, -0.15) is 5.26 Å². The number of hydrogen-bond acceptors (Lipinski definition) is 4. The highest BCUT2D eigenvalue weighted by atomic mass is 16.5. The summed E-state index contributed by atoms with van der Waals surface area (Å²) in [4.78, 5) is 8.14. The third-order valence-corrected chi connectivity index (χ3v) is 2.43. The van der Waals surface area contributed by atoms with Crippen LogP contribution in [0.5, 0.6) is 5.88 Å². The lowest BCUT2D eigenvalue weighted by molar-refractivity contribution is 0.399. The fourth-order valence-electron chi connectivity index (χ4n) is 1.69. The van der Waals surface area contributed by atoms with Gasteiger partial charge in [-0.15, -0.1) is 0 Å². The average Bonchev–Trinajstić information content (AvgIpc) is 2.40. The van der Waals surface area contributed by atoms with Gasteiger partial charge in [0.1, 0.15) is 0 Å². The summed E-state index contributed by atoms with van der Waals surface area (Å²) in [5.41, 5.74) is 2.72. The smallest absolute Gasteiger partial charge is 0.221 e. The molecule has 0 bridgehead atoms. The van der Waals surface area contributed by atoms with E-state index in [4.69, 9.17) is 10.00 Å². The highest BCUT2D eigenvalue weighted by Crippen LogP contribution is 2.31. The zero-order valence-corrected chi connectivity index (χ0v) is 9.42. The maximum Gasteiger partial charge on any atom is 0.221 e. The molecule has 17 heavy (non-hydrogen) atoms. The molecule has 0 fully saturated rings. The topological polar surface area (TPSA) is 58.8 Å². The molecule has 4 nitrogen and oxygen atoms in total. The molecule has 4 heteroatoms. The molecule has 2 heterocycles. The first-order chi connectivity index (χ1) is 8.36. The standard InChI is InChI=1S/C13H11N3O/c1-17-13-12(11-3-7-15-8-4-11)10(2-6-14)5-9-16-13/h3-5,7-9H,2H2,1H3. The van der Waals surface area contributed by atoms with Gasteiger partial charge < -0.3 is 4.74 Å². The lowest BCUT2D eigenvalue weighted by Crippen LogP contribution is -1.96. The predicted molar refractivity (Wildman–Crippen MR) is 63.3 cm³/mol. The first-order valence-corrected chi connectivity index (χ1v) is 5.16. The Morgan fingerprint density at radius 1 is 1.24 bits per heavy atom. The van der Waals surface area contributed by atoms with Gasteiger partial charge in [0.15, 0.2) is 0 Å². The molecule has 0 atom stereocenters. The summed E-state index contributed by atoms with van der Waals surface area (Å²) in [5.74, 6) is 0.531. The van der Waals surface area contributed by atoms with Gasteiger partial charge in [-0.3, -0.25) is 4.98 Å². The number of pyridine rings is 2. The van der Waals surface area contributed by atoms with E-state index in [2.05, 4.69) is 16.0 Å². The SMILES string of the molecule is COc1nccc(CC#N)c1-c1ccncc1. The summed E-state index contributed by atoms with van der Waals surface area (Å²) < 4.78 is 5.25. The molecule has 0 saturated carbocycles. The summed E-state index contributed by atoms with van der Waals surface area (Å²) >= 11 is 0. The Bertz CT molecular complexity index is 546. The van der Waals surface area contributed by atoms with E-state index in [0.29, 0.717) is 12.3 Å². The number of rotatable bonds is 3. The zero-order valence-electron chi connectivity index (χ0n) is 9.42. The second-order valence-electron chi connectivity index (χ2n) is 3.43. The molecular weight excluding hydrogens is 214 g/mol. The van der Waals surface area contributed by atoms with Crippen LogP contribution in [0, 0.1) is 11.3 Å². The monoisotopic (exact) mass is 225 g/mol. The van der Waals surface area contributed by atoms with Gasteiger partial charge in [0, 0.05) is 24.2 Å². The zero-order chi connectivity index (χ0) is 12.1. The van der Waals surface area contributed by atoms with Crippen LogP contribution in [0.25, 0.3) is 11.1 Å². The Morgan fingerprint density at radius 3 is 2.65 bits per heavy atom. The van der Waals surface area contributed by atoms with Crippen molar-refractivity contribution in [1.29, 1.82) is 5.26 Å². The van der Waals surface area contributed by atoms with Crippen LogP contribution in [0.4, 0.5) is 0 Å². The van der Waals surface area contributed by atoms with Crippen LogP contribution in [0.1, 0.15) is 5.56 Å². The Hall–Kier alpha value is -2.41. The first-order valence-electron chi connectivity index (χ1n) is 5.16. The van der Waals surface area contributed by atoms with Crippen LogP contribution in [-0.4, -0.2) is 17.1 Å². The molecule has 0 spiro atoms. The molecule has 2 aromatic heterocycles. The largest absolute Gasteiger partial charge is 0.481 e. The Labute approximate surface area is 99.5 Å². The van der Waals surface area contributed by atoms with Crippen molar-refractivity contribution >= 4 is 0 Å². The van der Waals surface area contributed by atoms with E-state index in [1.165, 1.54) is 0 Å². The molecule has 0 aliphatic rings. The van der Waals surface area contributed by atoms with Crippen molar-refractivity contribution in [2.75, 3.05) is 7.11 Å². The minimum Gasteiger partial charge on any atom is -0.481 e. The maximum atomic E-state index is 8.83. The molecule has 2 aromatic rings. The van der Waals surface area contributed by atoms with Crippen molar-refractivity contribution in [1.82, 2.24) is 9.97 Å². The molecule has 0 N–H and O–H groups in total. The predicted octanol–water partition coefficient (Wildman–Crippen LogP) is 2.22. The van der Waals surface area contributed by atoms with Crippen LogP contribution >= 0.6 is 0 Å². The first kappa shape index (κ1) is 11.1. The van der Waals surface area contributed by atoms with Crippen molar-refractivity contribution in [2.45, 2.75) is 6.42 Å². The van der Waals surface area contributed by atoms with E-state index in [0.717, 1.165) is 16.7 Å². The van der Waals surface area contributed by atoms with Gasteiger partial charge in [0.25, 0.3) is 0 Å². The maximum absolute atomic E-state index is 8.83. The quantitative estimate of drug-likeness (QED) is 0.803. The van der Waals surface area contributed by atoms with E-state index in [1.54, 1.807) is 25.7 Å². The molecule has 0 saturated heterocycles. The van der Waals surface area contributed by atoms with Gasteiger partial charge in [-0.25, -0.2) is 4.98 Å². The van der Waals surface area contributed by atoms with E-state index >= 15 is 0 Å². The molecule has 0 aliphatic heterocycles. The van der Waals surface area contributed by atoms with E-state index in [1.807, 2.05) is 18.2 Å². The summed E-state index contributed by atoms with van der Waals surface area (Å²) in [6, 6.07) is 7.73. The molecular formula is C13H11N3O. The van der Waals surface area contributed by atoms with E-state index in [-0.39, 0.29) is 0 Å². The molecule has 2 rings (SSSR count). The normalized spacial score (nSPS) is 9.65. The van der Waals surface area contributed by atoms with Crippen LogP contribution in [-0.2, 0) is 6.42 Å². The molecule has 0 aliphatic carbocycles. The number of nitrogens with zero attached hydrogens (tertiary/aromatic N) is 3. The average molecular weight is 225 g/mol. The van der Waals surface area contributed by atoms with Crippen LogP contribution in [0.15, 0.2) is 36.8 Å². The second kappa shape index (κ2) is 5.08. The number of methoxy groups -OCH3 is 1. The number of aromatic nitrogens is 2. The fraction of sp³-hybridized carbons (Fsp3) is 0.154. The highest BCUT2D eigenvalue weighted by molar-refractivity contribution is 5.72. The Balaban J connectivity index is 2.61. The number of hydrogen-bond donors (Lipinski definition) is 0. The van der Waals surface area contributed by atoms with Crippen LogP contribution in [0.3, 0.4) is 0 Å². The molecule has 0 unspecified atom stereocenters. The summed E-state index contributed by atoms with van der Waals surface area (Å²) in [6.45, 7) is 0. The number of ether oxygens (including phenoxy) is 1. The van der Waals surface area contributed by atoms with E-state index < -0.39 is 0 Å². The number of nitriles is 1. The van der Waals surface area contributed by atoms with Crippen LogP contribution in [0.2, 0.25) is 0 Å². The molecule has 84 valence electrons. The lowest BCUT2D eigenvalue weighted by atomic mass is 10.0. The summed E-state index contributed by atoms with van der Waals surface area (Å²) in [6.07, 6.45) is 5.39.